The monoisotopic (exact) mass is 1010 g/mol. The highest BCUT2D eigenvalue weighted by atomic mass is 16.5. The molecule has 0 amide bonds. The lowest BCUT2D eigenvalue weighted by Gasteiger charge is -2.42. The molecule has 3 heterocycles. The fraction of sp³-hybridized carbons (Fsp3) is 0.254. The van der Waals surface area contributed by atoms with Gasteiger partial charge in [-0.05, 0) is 146 Å². The minimum atomic E-state index is -3.13. The Labute approximate surface area is 470 Å². The first kappa shape index (κ1) is 35.4. The van der Waals surface area contributed by atoms with Gasteiger partial charge in [-0.15, -0.1) is 0 Å². The zero-order valence-corrected chi connectivity index (χ0v) is 44.9. The largest absolute Gasteiger partial charge is 0.457 e. The normalized spacial score (nSPS) is 17.8. The molecule has 0 spiro atoms. The molecule has 1 aliphatic heterocycles. The second-order valence-corrected chi connectivity index (χ2v) is 23.7. The van der Waals surface area contributed by atoms with Crippen molar-refractivity contribution < 1.29 is 23.9 Å². The van der Waals surface area contributed by atoms with Crippen molar-refractivity contribution in [2.45, 2.75) is 111 Å². The summed E-state index contributed by atoms with van der Waals surface area (Å²) in [6, 6.07) is 32.1. The van der Waals surface area contributed by atoms with Crippen molar-refractivity contribution in [3.8, 4) is 50.7 Å². The first-order valence-electron chi connectivity index (χ1n) is 33.1. The maximum absolute atomic E-state index is 10.1. The average Bonchev–Trinajstić information content (AvgIpc) is 1.26. The Morgan fingerprint density at radius 3 is 1.99 bits per heavy atom. The smallest absolute Gasteiger partial charge is 0.137 e. The summed E-state index contributed by atoms with van der Waals surface area (Å²) >= 11 is 0. The fourth-order valence-electron chi connectivity index (χ4n) is 11.0. The van der Waals surface area contributed by atoms with Crippen molar-refractivity contribution in [1.29, 1.82) is 0 Å². The first-order chi connectivity index (χ1) is 42.1. The minimum absolute atomic E-state index is 0.105. The summed E-state index contributed by atoms with van der Waals surface area (Å²) in [5.41, 5.74) is 5.88. The van der Waals surface area contributed by atoms with Gasteiger partial charge in [0.25, 0.3) is 0 Å². The van der Waals surface area contributed by atoms with E-state index in [1.54, 1.807) is 43.7 Å². The lowest BCUT2D eigenvalue weighted by molar-refractivity contribution is 0.332. The SMILES string of the molecule is [2H]c1c([2H])c(-c2c([2H])c([2H])c(C(C)(C)C)c([2H])c2[2H])c(C([2H])([2H])[2H])c([2H])c1-c1cccc(-c2ccc3c(c2)C(C)(C)CCC3(C)C)c1N1CN(c2cccc(Oc3ccc4c5c([2H])c([2H])c([2H])c([2H])c5n(-c5cc(C(C)(C)C)ccn5)c4c3)c2)c2ccccc21. The Hall–Kier alpha value is -7.89. The van der Waals surface area contributed by atoms with Crippen molar-refractivity contribution in [2.75, 3.05) is 16.5 Å². The summed E-state index contributed by atoms with van der Waals surface area (Å²) in [5, 5.41) is 0.957. The third-order valence-electron chi connectivity index (χ3n) is 15.5. The Balaban J connectivity index is 1.03. The maximum Gasteiger partial charge on any atom is 0.137 e. The molecule has 5 nitrogen and oxygen atoms in total. The van der Waals surface area contributed by atoms with Crippen LogP contribution in [0.1, 0.15) is 129 Å². The average molecular weight is 1010 g/mol. The van der Waals surface area contributed by atoms with E-state index in [0.29, 0.717) is 55.9 Å². The highest BCUT2D eigenvalue weighted by molar-refractivity contribution is 6.09. The van der Waals surface area contributed by atoms with Crippen LogP contribution >= 0.6 is 0 Å². The van der Waals surface area contributed by atoms with E-state index in [2.05, 4.69) is 76.5 Å². The number of ether oxygens (including phenoxy) is 1. The molecule has 0 unspecified atom stereocenters. The van der Waals surface area contributed by atoms with Crippen LogP contribution in [-0.4, -0.2) is 16.2 Å². The van der Waals surface area contributed by atoms with E-state index < -0.39 is 71.3 Å². The first-order valence-corrected chi connectivity index (χ1v) is 26.1. The molecule has 8 aromatic carbocycles. The second-order valence-electron chi connectivity index (χ2n) is 23.7. The van der Waals surface area contributed by atoms with Gasteiger partial charge < -0.3 is 14.5 Å². The highest BCUT2D eigenvalue weighted by Crippen LogP contribution is 2.53. The molecule has 380 valence electrons. The van der Waals surface area contributed by atoms with Crippen LogP contribution in [0.15, 0.2) is 188 Å². The van der Waals surface area contributed by atoms with Crippen LogP contribution in [0, 0.1) is 6.85 Å². The molecule has 0 fully saturated rings. The van der Waals surface area contributed by atoms with Crippen LogP contribution in [0.3, 0.4) is 0 Å². The van der Waals surface area contributed by atoms with Crippen LogP contribution in [0.2, 0.25) is 0 Å². The van der Waals surface area contributed by atoms with Crippen LogP contribution < -0.4 is 14.5 Å². The number of para-hydroxylation sites is 4. The maximum atomic E-state index is 10.1. The van der Waals surface area contributed by atoms with E-state index >= 15 is 0 Å². The summed E-state index contributed by atoms with van der Waals surface area (Å²) in [7, 11) is 0. The van der Waals surface area contributed by atoms with Crippen molar-refractivity contribution in [3.05, 3.63) is 216 Å². The quantitative estimate of drug-likeness (QED) is 0.152. The number of nitrogens with zero attached hydrogens (tertiary/aromatic N) is 4. The van der Waals surface area contributed by atoms with E-state index in [0.717, 1.165) is 41.0 Å². The number of anilines is 4. The number of hydrogen-bond donors (Lipinski definition) is 0. The Morgan fingerprint density at radius 2 is 1.24 bits per heavy atom. The van der Waals surface area contributed by atoms with Gasteiger partial charge in [-0.2, -0.15) is 0 Å². The van der Waals surface area contributed by atoms with Crippen LogP contribution in [0.5, 0.6) is 11.5 Å². The number of hydrogen-bond acceptors (Lipinski definition) is 4. The van der Waals surface area contributed by atoms with E-state index in [1.165, 1.54) is 11.1 Å². The van der Waals surface area contributed by atoms with E-state index in [9.17, 15) is 6.85 Å². The van der Waals surface area contributed by atoms with Crippen LogP contribution in [0.4, 0.5) is 22.7 Å². The lowest BCUT2D eigenvalue weighted by atomic mass is 9.63. The van der Waals surface area contributed by atoms with Gasteiger partial charge in [0.1, 0.15) is 24.0 Å². The molecule has 12 rings (SSSR count). The van der Waals surface area contributed by atoms with Crippen LogP contribution in [0.25, 0.3) is 61.0 Å². The summed E-state index contributed by atoms with van der Waals surface area (Å²) in [6.07, 6.45) is 3.66. The summed E-state index contributed by atoms with van der Waals surface area (Å²) in [4.78, 5) is 8.95. The zero-order valence-electron chi connectivity index (χ0n) is 58.9. The molecule has 2 aliphatic rings. The van der Waals surface area contributed by atoms with E-state index in [1.807, 2.05) is 84.9 Å². The molecular formula is C71H70N4O. The standard InChI is InChI=1S/C71H70N4O/c1-46-40-48(28-33-55(46)47-26-30-50(31-27-47)68(2,3)4)56-21-17-22-57(49-29-35-60-61(41-49)71(10,11)38-37-70(60,8)9)67(56)74-45-73(63-24-14-15-25-64(63)74)52-18-16-19-53(43-52)76-54-32-34-59-58-20-12-13-23-62(58)75(65(59)44-54)66-42-51(36-39-72-66)69(5,6)7/h12-36,39-44H,37-38,45H2,1-11H3/i1D3,12D,13D,20D,23D,26D,27D,28D,30D,31D,33D,40D. The van der Waals surface area contributed by atoms with Gasteiger partial charge in [0.2, 0.25) is 0 Å². The summed E-state index contributed by atoms with van der Waals surface area (Å²) < 4.78 is 138. The van der Waals surface area contributed by atoms with Crippen molar-refractivity contribution in [3.63, 3.8) is 0 Å². The molecule has 76 heavy (non-hydrogen) atoms. The molecule has 0 saturated heterocycles. The molecule has 10 aromatic rings. The number of aromatic nitrogens is 2. The third-order valence-corrected chi connectivity index (χ3v) is 15.5. The minimum Gasteiger partial charge on any atom is -0.457 e. The molecule has 0 N–H and O–H groups in total. The molecular weight excluding hydrogens is 925 g/mol. The van der Waals surface area contributed by atoms with Crippen LogP contribution in [-0.2, 0) is 21.7 Å². The summed E-state index contributed by atoms with van der Waals surface area (Å²) in [6.45, 7) is 17.6. The molecule has 2 aromatic heterocycles. The molecule has 0 saturated carbocycles. The van der Waals surface area contributed by atoms with Crippen molar-refractivity contribution in [2.24, 2.45) is 0 Å². The Bertz CT molecular complexity index is 4640. The van der Waals surface area contributed by atoms with Gasteiger partial charge in [0, 0.05) is 50.0 Å². The van der Waals surface area contributed by atoms with Gasteiger partial charge >= 0.3 is 0 Å². The second kappa shape index (κ2) is 18.2. The number of pyridine rings is 1. The lowest BCUT2D eigenvalue weighted by Crippen LogP contribution is -2.33. The Morgan fingerprint density at radius 1 is 0.553 bits per heavy atom. The van der Waals surface area contributed by atoms with Crippen molar-refractivity contribution in [1.82, 2.24) is 9.55 Å². The molecule has 0 radical (unpaired) electrons. The summed E-state index contributed by atoms with van der Waals surface area (Å²) in [5.74, 6) is 1.38. The highest BCUT2D eigenvalue weighted by Gasteiger charge is 2.38. The number of benzene rings is 8. The molecule has 1 aliphatic carbocycles. The molecule has 0 bridgehead atoms. The topological polar surface area (TPSA) is 33.5 Å². The molecule has 0 atom stereocenters. The predicted molar refractivity (Wildman–Crippen MR) is 321 cm³/mol. The zero-order chi connectivity index (χ0) is 65.0. The van der Waals surface area contributed by atoms with Gasteiger partial charge in [-0.3, -0.25) is 4.57 Å². The van der Waals surface area contributed by atoms with Gasteiger partial charge in [0.15, 0.2) is 0 Å². The third kappa shape index (κ3) is 8.64. The Kier molecular flexibility index (Phi) is 8.45. The van der Waals surface area contributed by atoms with Gasteiger partial charge in [-0.25, -0.2) is 4.98 Å². The van der Waals surface area contributed by atoms with Gasteiger partial charge in [-0.1, -0.05) is 184 Å². The van der Waals surface area contributed by atoms with Gasteiger partial charge in [0.05, 0.1) is 43.2 Å². The van der Waals surface area contributed by atoms with E-state index in [-0.39, 0.29) is 58.2 Å². The molecule has 5 heteroatoms. The predicted octanol–water partition coefficient (Wildman–Crippen LogP) is 19.5. The fourth-order valence-corrected chi connectivity index (χ4v) is 11.0. The van der Waals surface area contributed by atoms with Crippen molar-refractivity contribution >= 4 is 44.6 Å². The number of fused-ring (bicyclic) bond motifs is 5. The van der Waals surface area contributed by atoms with E-state index in [4.69, 9.17) is 22.1 Å². The number of rotatable bonds is 8.